The van der Waals surface area contributed by atoms with Crippen LogP contribution < -0.4 is 0 Å². The number of piperidine rings is 1. The Morgan fingerprint density at radius 2 is 1.72 bits per heavy atom. The molecular weight excluding hydrogens is 508 g/mol. The minimum atomic E-state index is -3.55. The van der Waals surface area contributed by atoms with Gasteiger partial charge in [-0.15, -0.1) is 11.8 Å². The molecule has 2 aliphatic rings. The van der Waals surface area contributed by atoms with Crippen molar-refractivity contribution in [2.24, 2.45) is 0 Å². The predicted molar refractivity (Wildman–Crippen MR) is 150 cm³/mol. The molecule has 36 heavy (non-hydrogen) atoms. The molecule has 3 aromatic carbocycles. The number of hydrogen-bond acceptors (Lipinski definition) is 4. The van der Waals surface area contributed by atoms with Crippen molar-refractivity contribution in [2.75, 3.05) is 39.0 Å². The minimum absolute atomic E-state index is 0.0610. The quantitative estimate of drug-likeness (QED) is 0.337. The summed E-state index contributed by atoms with van der Waals surface area (Å²) in [6.45, 7) is 3.52. The summed E-state index contributed by atoms with van der Waals surface area (Å²) < 4.78 is 27.9. The molecule has 7 heteroatoms. The maximum atomic E-state index is 13.2. The first kappa shape index (κ1) is 25.8. The highest BCUT2D eigenvalue weighted by molar-refractivity contribution is 7.99. The lowest BCUT2D eigenvalue weighted by molar-refractivity contribution is 0.166. The second-order valence-electron chi connectivity index (χ2n) is 10.0. The van der Waals surface area contributed by atoms with Crippen LogP contribution in [0.3, 0.4) is 0 Å². The van der Waals surface area contributed by atoms with E-state index < -0.39 is 10.0 Å². The molecule has 1 saturated heterocycles. The normalized spacial score (nSPS) is 18.4. The Morgan fingerprint density at radius 1 is 1.00 bits per heavy atom. The molecule has 2 aliphatic heterocycles. The van der Waals surface area contributed by atoms with Gasteiger partial charge in [0.15, 0.2) is 0 Å². The summed E-state index contributed by atoms with van der Waals surface area (Å²) in [4.78, 5) is 4.34. The summed E-state index contributed by atoms with van der Waals surface area (Å²) in [5.41, 5.74) is 2.94. The van der Waals surface area contributed by atoms with E-state index in [1.165, 1.54) is 27.8 Å². The lowest BCUT2D eigenvalue weighted by atomic mass is 9.74. The fraction of sp³-hybridized carbons (Fsp3) is 0.379. The average molecular weight is 541 g/mol. The predicted octanol–water partition coefficient (Wildman–Crippen LogP) is 6.27. The molecular formula is C29H33ClN2O2S2. The second-order valence-corrected chi connectivity index (χ2v) is 13.5. The third kappa shape index (κ3) is 5.39. The molecule has 5 rings (SSSR count). The number of thioether (sulfide) groups is 1. The van der Waals surface area contributed by atoms with Gasteiger partial charge in [-0.1, -0.05) is 60.1 Å². The van der Waals surface area contributed by atoms with Crippen molar-refractivity contribution in [2.45, 2.75) is 40.4 Å². The second kappa shape index (κ2) is 10.9. The average Bonchev–Trinajstić information content (AvgIpc) is 3.26. The van der Waals surface area contributed by atoms with E-state index in [0.717, 1.165) is 31.6 Å². The van der Waals surface area contributed by atoms with E-state index >= 15 is 0 Å². The van der Waals surface area contributed by atoms with Gasteiger partial charge in [-0.2, -0.15) is 0 Å². The zero-order valence-electron chi connectivity index (χ0n) is 20.6. The Hall–Kier alpha value is -1.83. The van der Waals surface area contributed by atoms with Crippen LogP contribution in [0.4, 0.5) is 0 Å². The van der Waals surface area contributed by atoms with Crippen molar-refractivity contribution in [1.29, 1.82) is 0 Å². The molecule has 0 aliphatic carbocycles. The van der Waals surface area contributed by atoms with Gasteiger partial charge < -0.3 is 4.90 Å². The van der Waals surface area contributed by atoms with Crippen LogP contribution in [0.25, 0.3) is 0 Å². The highest BCUT2D eigenvalue weighted by Crippen LogP contribution is 2.49. The van der Waals surface area contributed by atoms with Gasteiger partial charge in [0.1, 0.15) is 0 Å². The van der Waals surface area contributed by atoms with Crippen LogP contribution >= 0.6 is 23.4 Å². The van der Waals surface area contributed by atoms with Crippen LogP contribution in [0.2, 0.25) is 5.02 Å². The van der Waals surface area contributed by atoms with Gasteiger partial charge >= 0.3 is 0 Å². The molecule has 2 heterocycles. The summed E-state index contributed by atoms with van der Waals surface area (Å²) in [6.07, 6.45) is 3.25. The van der Waals surface area contributed by atoms with Crippen LogP contribution in [0, 0.1) is 0 Å². The van der Waals surface area contributed by atoms with Crippen molar-refractivity contribution in [1.82, 2.24) is 9.21 Å². The number of rotatable bonds is 8. The highest BCUT2D eigenvalue weighted by atomic mass is 35.5. The zero-order chi connectivity index (χ0) is 25.2. The maximum absolute atomic E-state index is 13.2. The Labute approximate surface area is 224 Å². The lowest BCUT2D eigenvalue weighted by Crippen LogP contribution is -2.43. The number of likely N-dealkylation sites (N-methyl/N-ethyl adjacent to an activating group) is 1. The molecule has 1 atom stereocenters. The number of nitrogens with zero attached hydrogens (tertiary/aromatic N) is 2. The van der Waals surface area contributed by atoms with Crippen molar-refractivity contribution in [3.63, 3.8) is 0 Å². The van der Waals surface area contributed by atoms with Gasteiger partial charge in [-0.3, -0.25) is 0 Å². The summed E-state index contributed by atoms with van der Waals surface area (Å²) in [5.74, 6) is 1.25. The molecule has 0 radical (unpaired) electrons. The molecule has 4 nitrogen and oxygen atoms in total. The molecule has 3 aromatic rings. The van der Waals surface area contributed by atoms with Gasteiger partial charge in [0, 0.05) is 34.7 Å². The number of sulfonamides is 1. The summed E-state index contributed by atoms with van der Waals surface area (Å²) in [5, 5.41) is 0.684. The highest BCUT2D eigenvalue weighted by Gasteiger charge is 2.41. The molecule has 1 unspecified atom stereocenters. The first-order chi connectivity index (χ1) is 17.4. The number of benzene rings is 3. The van der Waals surface area contributed by atoms with Gasteiger partial charge in [0.2, 0.25) is 10.0 Å². The van der Waals surface area contributed by atoms with E-state index in [-0.39, 0.29) is 5.92 Å². The smallest absolute Gasteiger partial charge is 0.242 e. The molecule has 190 valence electrons. The van der Waals surface area contributed by atoms with Crippen molar-refractivity contribution >= 4 is 33.4 Å². The van der Waals surface area contributed by atoms with E-state index in [1.807, 2.05) is 36.0 Å². The van der Waals surface area contributed by atoms with E-state index in [0.29, 0.717) is 21.9 Å². The number of fused-ring (bicyclic) bond motifs is 2. The first-order valence-electron chi connectivity index (χ1n) is 12.6. The third-order valence-corrected chi connectivity index (χ3v) is 11.3. The minimum Gasteiger partial charge on any atom is -0.303 e. The summed E-state index contributed by atoms with van der Waals surface area (Å²) in [7, 11) is -1.87. The molecule has 0 saturated carbocycles. The third-order valence-electron chi connectivity index (χ3n) is 7.82. The Balaban J connectivity index is 1.26. The Bertz CT molecular complexity index is 1290. The zero-order valence-corrected chi connectivity index (χ0v) is 23.0. The van der Waals surface area contributed by atoms with Crippen LogP contribution in [0.5, 0.6) is 0 Å². The van der Waals surface area contributed by atoms with Crippen molar-refractivity contribution in [3.8, 4) is 0 Å². The van der Waals surface area contributed by atoms with E-state index in [9.17, 15) is 8.42 Å². The van der Waals surface area contributed by atoms with Crippen LogP contribution in [-0.4, -0.2) is 56.6 Å². The molecule has 0 amide bonds. The monoisotopic (exact) mass is 540 g/mol. The van der Waals surface area contributed by atoms with E-state index in [2.05, 4.69) is 35.2 Å². The van der Waals surface area contributed by atoms with Crippen molar-refractivity contribution < 1.29 is 8.42 Å². The lowest BCUT2D eigenvalue weighted by Gasteiger charge is -2.40. The van der Waals surface area contributed by atoms with Crippen LogP contribution in [0.15, 0.2) is 88.7 Å². The maximum Gasteiger partial charge on any atom is 0.242 e. The molecule has 1 fully saturated rings. The van der Waals surface area contributed by atoms with E-state index in [4.69, 9.17) is 11.6 Å². The number of hydrogen-bond donors (Lipinski definition) is 0. The van der Waals surface area contributed by atoms with Gasteiger partial charge in [-0.05, 0) is 86.3 Å². The van der Waals surface area contributed by atoms with Gasteiger partial charge in [-0.25, -0.2) is 12.7 Å². The number of halogens is 1. The topological polar surface area (TPSA) is 40.6 Å². The molecule has 0 aromatic heterocycles. The van der Waals surface area contributed by atoms with Crippen LogP contribution in [0.1, 0.15) is 36.3 Å². The fourth-order valence-corrected chi connectivity index (χ4v) is 8.51. The van der Waals surface area contributed by atoms with Gasteiger partial charge in [0.25, 0.3) is 0 Å². The Kier molecular flexibility index (Phi) is 7.80. The molecule has 0 N–H and O–H groups in total. The standard InChI is InChI=1S/C29H33ClN2O2S2/c1-31(36(33,34)26-10-3-2-4-11-26)21-24(23-8-7-9-25(30)20-23)14-17-32-18-15-29(16-19-32)22-35-28-13-6-5-12-27(28)29/h2-13,20,24H,14-19,21-22H2,1H3. The SMILES string of the molecule is CN(CC(CCN1CCC2(CC1)CSc1ccccc12)c1cccc(Cl)c1)S(=O)(=O)c1ccccc1. The number of likely N-dealkylation sites (tertiary alicyclic amines) is 1. The fourth-order valence-electron chi connectivity index (χ4n) is 5.59. The Morgan fingerprint density at radius 3 is 2.47 bits per heavy atom. The van der Waals surface area contributed by atoms with Crippen molar-refractivity contribution in [3.05, 3.63) is 95.0 Å². The van der Waals surface area contributed by atoms with Crippen LogP contribution in [-0.2, 0) is 15.4 Å². The summed E-state index contributed by atoms with van der Waals surface area (Å²) in [6, 6.07) is 25.4. The van der Waals surface area contributed by atoms with E-state index in [1.54, 1.807) is 36.9 Å². The first-order valence-corrected chi connectivity index (χ1v) is 15.4. The van der Waals surface area contributed by atoms with Gasteiger partial charge in [0.05, 0.1) is 4.90 Å². The molecule has 1 spiro atoms. The largest absolute Gasteiger partial charge is 0.303 e. The summed E-state index contributed by atoms with van der Waals surface area (Å²) >= 11 is 8.33. The molecule has 0 bridgehead atoms.